The van der Waals surface area contributed by atoms with E-state index in [0.717, 1.165) is 59.1 Å². The number of hydrogen-bond acceptors (Lipinski definition) is 13. The molecule has 19 heteroatoms. The monoisotopic (exact) mass is 1000 g/mol. The molecule has 70 heavy (non-hydrogen) atoms. The molecule has 2 aromatic heterocycles. The average Bonchev–Trinajstić information content (AvgIpc) is 3.32. The molecule has 4 amide bonds. The Morgan fingerprint density at radius 3 is 1.53 bits per heavy atom. The Morgan fingerprint density at radius 1 is 0.671 bits per heavy atom. The van der Waals surface area contributed by atoms with Gasteiger partial charge in [0.15, 0.2) is 5.78 Å². The van der Waals surface area contributed by atoms with Gasteiger partial charge in [-0.15, -0.1) is 0 Å². The molecule has 5 N–H and O–H groups in total. The van der Waals surface area contributed by atoms with E-state index < -0.39 is 0 Å². The van der Waals surface area contributed by atoms with E-state index >= 15 is 0 Å². The van der Waals surface area contributed by atoms with Crippen LogP contribution in [0.3, 0.4) is 0 Å². The molecular formula is C51H51K2N6O11. The molecule has 0 unspecified atom stereocenters. The number of nitrogens with zero attached hydrogens (tertiary/aromatic N) is 2. The molecule has 0 saturated heterocycles. The molecule has 0 saturated carbocycles. The van der Waals surface area contributed by atoms with Gasteiger partial charge >= 0.3 is 69.4 Å². The van der Waals surface area contributed by atoms with Gasteiger partial charge in [0.25, 0.3) is 6.47 Å². The van der Waals surface area contributed by atoms with Crippen molar-refractivity contribution in [2.75, 3.05) is 27.9 Å². The van der Waals surface area contributed by atoms with Gasteiger partial charge in [0.2, 0.25) is 11.8 Å². The Balaban J connectivity index is 0.000000320. The number of aryl methyl sites for hydroxylation is 4. The number of esters is 1. The van der Waals surface area contributed by atoms with E-state index in [9.17, 15) is 19.2 Å². The number of aliphatic hydroxyl groups excluding tert-OH is 1. The molecule has 0 fully saturated rings. The standard InChI is InChI=1S/C25H23N3O4.C23H21N3O3.C2H6O.CH2O3.2K/c1-16-6-8-19(9-7-16)27-25(30)28-20-10-13-24(26-15-20)32-21-11-12-22-18(14-21)4-3-5-23(22)31-17(2)29;1-15-5-7-17(8-6-15)25-23(28)26-18-9-12-22(24-14-18)29-19-10-11-20-16(13-19)3-2-4-21(20)27;1-2-3;2-1-4-3;;/h5-15H,3-4H2,1-2H3,(H2,27,28,30);5-14H,2-4H2,1H3,(H2,25,26,28);3H,2H2,1H3;1,3H;;/q;;;;;+1/p-1. The van der Waals surface area contributed by atoms with Crippen molar-refractivity contribution in [1.82, 2.24) is 9.97 Å². The summed E-state index contributed by atoms with van der Waals surface area (Å²) in [5.41, 5.74) is 8.52. The minimum Gasteiger partial charge on any atom is -0.662 e. The number of aromatic nitrogens is 2. The molecule has 6 aromatic rings. The Hall–Kier alpha value is -5.14. The number of Topliss-reactive ketones (excluding diaryl/α,β-unsaturated/α-hetero) is 1. The van der Waals surface area contributed by atoms with Gasteiger partial charge in [0, 0.05) is 106 Å². The van der Waals surface area contributed by atoms with Crippen LogP contribution in [0.15, 0.2) is 128 Å². The van der Waals surface area contributed by atoms with Crippen LogP contribution in [0, 0.1) is 13.8 Å². The molecule has 8 rings (SSSR count). The van der Waals surface area contributed by atoms with Gasteiger partial charge in [-0.3, -0.25) is 14.4 Å². The summed E-state index contributed by atoms with van der Waals surface area (Å²) in [5, 5.41) is 27.0. The summed E-state index contributed by atoms with van der Waals surface area (Å²) in [4.78, 5) is 67.2. The quantitative estimate of drug-likeness (QED) is 0.0344. The van der Waals surface area contributed by atoms with Gasteiger partial charge in [-0.1, -0.05) is 35.4 Å². The van der Waals surface area contributed by atoms with Crippen molar-refractivity contribution in [1.29, 1.82) is 0 Å². The van der Waals surface area contributed by atoms with Crippen molar-refractivity contribution in [3.8, 4) is 23.3 Å². The number of pyridine rings is 2. The second kappa shape index (κ2) is 31.3. The van der Waals surface area contributed by atoms with E-state index in [1.54, 1.807) is 37.3 Å². The number of allylic oxidation sites excluding steroid dienone is 1. The second-order valence-corrected chi connectivity index (χ2v) is 15.0. The van der Waals surface area contributed by atoms with Gasteiger partial charge in [0.05, 0.1) is 23.8 Å². The number of nitrogens with one attached hydrogen (secondary N) is 4. The zero-order valence-corrected chi connectivity index (χ0v) is 46.1. The van der Waals surface area contributed by atoms with E-state index in [-0.39, 0.29) is 140 Å². The topological polar surface area (TPSA) is 239 Å². The number of carbonyl (C=O) groups excluding carboxylic acids is 5. The zero-order valence-electron chi connectivity index (χ0n) is 39.9. The maximum Gasteiger partial charge on any atom is 1.00 e. The first kappa shape index (κ1) is 59.2. The van der Waals surface area contributed by atoms with Crippen LogP contribution < -0.4 is 87.4 Å². The Bertz CT molecular complexity index is 2690. The fourth-order valence-corrected chi connectivity index (χ4v) is 6.62. The van der Waals surface area contributed by atoms with Crippen LogP contribution >= 0.6 is 0 Å². The number of benzene rings is 4. The number of anilines is 4. The Labute approximate surface area is 491 Å². The predicted molar refractivity (Wildman–Crippen MR) is 260 cm³/mol. The molecule has 0 bridgehead atoms. The first-order valence-corrected chi connectivity index (χ1v) is 21.4. The summed E-state index contributed by atoms with van der Waals surface area (Å²) < 4.78 is 16.9. The summed E-state index contributed by atoms with van der Waals surface area (Å²) >= 11 is 0. The summed E-state index contributed by atoms with van der Waals surface area (Å²) in [6.45, 7) is 7.12. The third-order valence-electron chi connectivity index (χ3n) is 9.66. The van der Waals surface area contributed by atoms with Crippen LogP contribution in [0.4, 0.5) is 32.3 Å². The molecule has 2 heterocycles. The van der Waals surface area contributed by atoms with Crippen LogP contribution in [-0.2, 0) is 32.1 Å². The number of ketones is 1. The molecule has 1 radical (unpaired) electrons. The van der Waals surface area contributed by atoms with Gasteiger partial charge < -0.3 is 50.7 Å². The third-order valence-corrected chi connectivity index (χ3v) is 9.66. The molecule has 0 atom stereocenters. The largest absolute Gasteiger partial charge is 1.00 e. The number of fused-ring (bicyclic) bond motifs is 2. The summed E-state index contributed by atoms with van der Waals surface area (Å²) in [6.07, 6.45) is 8.98. The number of aliphatic hydroxyl groups is 1. The summed E-state index contributed by atoms with van der Waals surface area (Å²) in [6, 6.07) is 32.3. The third kappa shape index (κ3) is 19.9. The van der Waals surface area contributed by atoms with Crippen molar-refractivity contribution in [2.45, 2.75) is 59.8 Å². The smallest absolute Gasteiger partial charge is 0.662 e. The van der Waals surface area contributed by atoms with E-state index in [1.807, 2.05) is 98.8 Å². The van der Waals surface area contributed by atoms with Gasteiger partial charge in [-0.05, 0) is 136 Å². The van der Waals surface area contributed by atoms with Crippen LogP contribution in [0.5, 0.6) is 23.3 Å². The van der Waals surface area contributed by atoms with Crippen LogP contribution in [0.1, 0.15) is 71.3 Å². The van der Waals surface area contributed by atoms with E-state index in [2.05, 4.69) is 36.1 Å². The SMILES string of the molecule is CC(=O)OC1=CCCc2cc(Oc3ccc(NC(=O)Nc4ccc(C)cc4)cn3)ccc21.CCO.Cc1ccc(NC(=O)Nc2ccc(Oc3ccc4c(c3)CCCC4=O)nc2)cc1.O=CO[O-].[K+].[K]. The van der Waals surface area contributed by atoms with Gasteiger partial charge in [-0.25, -0.2) is 19.6 Å². The molecular weight excluding hydrogens is 951 g/mol. The molecule has 2 aliphatic carbocycles. The normalized spacial score (nSPS) is 11.5. The van der Waals surface area contributed by atoms with Crippen molar-refractivity contribution < 1.29 is 105 Å². The minimum absolute atomic E-state index is 0. The predicted octanol–water partition coefficient (Wildman–Crippen LogP) is 6.08. The minimum atomic E-state index is -0.351. The number of rotatable bonds is 10. The van der Waals surface area contributed by atoms with E-state index in [4.69, 9.17) is 29.4 Å². The molecule has 0 spiro atoms. The number of amides is 4. The van der Waals surface area contributed by atoms with Crippen LogP contribution in [0.25, 0.3) is 5.76 Å². The molecule has 4 aromatic carbocycles. The summed E-state index contributed by atoms with van der Waals surface area (Å²) in [5.74, 6) is 2.53. The summed E-state index contributed by atoms with van der Waals surface area (Å²) in [7, 11) is 0. The first-order chi connectivity index (χ1) is 32.8. The molecule has 0 aliphatic heterocycles. The van der Waals surface area contributed by atoms with Crippen molar-refractivity contribution in [2.24, 2.45) is 0 Å². The fourth-order valence-electron chi connectivity index (χ4n) is 6.62. The number of carbonyl (C=O) groups is 5. The van der Waals surface area contributed by atoms with Crippen LogP contribution in [-0.4, -0.2) is 103 Å². The first-order valence-electron chi connectivity index (χ1n) is 21.4. The van der Waals surface area contributed by atoms with Crippen molar-refractivity contribution in [3.05, 3.63) is 161 Å². The number of urea groups is 2. The van der Waals surface area contributed by atoms with E-state index in [1.165, 1.54) is 19.3 Å². The van der Waals surface area contributed by atoms with Crippen molar-refractivity contribution >= 4 is 110 Å². The van der Waals surface area contributed by atoms with E-state index in [0.29, 0.717) is 58.2 Å². The molecule has 17 nitrogen and oxygen atoms in total. The van der Waals surface area contributed by atoms with Gasteiger partial charge in [0.1, 0.15) is 17.3 Å². The fraction of sp³-hybridized carbons (Fsp3) is 0.196. The number of ether oxygens (including phenoxy) is 3. The zero-order chi connectivity index (χ0) is 48.8. The van der Waals surface area contributed by atoms with Gasteiger partial charge in [-0.2, -0.15) is 0 Å². The maximum atomic E-state index is 12.2. The Kier molecular flexibility index (Phi) is 26.4. The second-order valence-electron chi connectivity index (χ2n) is 15.0. The number of hydrogen-bond donors (Lipinski definition) is 5. The maximum absolute atomic E-state index is 12.2. The van der Waals surface area contributed by atoms with Crippen LogP contribution in [0.2, 0.25) is 0 Å². The average molecular weight is 1000 g/mol. The molecule has 2 aliphatic rings. The van der Waals surface area contributed by atoms with Crippen molar-refractivity contribution in [3.63, 3.8) is 0 Å². The Morgan fingerprint density at radius 2 is 1.10 bits per heavy atom. The molecule has 353 valence electrons.